The Labute approximate surface area is 179 Å². The molecule has 0 spiro atoms. The summed E-state index contributed by atoms with van der Waals surface area (Å²) in [6, 6.07) is 4.03. The minimum absolute atomic E-state index is 0.159. The number of ether oxygens (including phenoxy) is 1. The monoisotopic (exact) mass is 447 g/mol. The predicted molar refractivity (Wildman–Crippen MR) is 108 cm³/mol. The highest BCUT2D eigenvalue weighted by Crippen LogP contribution is 2.36. The molecule has 0 atom stereocenters. The van der Waals surface area contributed by atoms with Crippen LogP contribution in [0.5, 0.6) is 11.5 Å². The fraction of sp³-hybridized carbons (Fsp3) is 0.190. The zero-order valence-corrected chi connectivity index (χ0v) is 16.9. The Kier molecular flexibility index (Phi) is 5.43. The summed E-state index contributed by atoms with van der Waals surface area (Å²) >= 11 is 0. The molecular formula is C21H17F4N5O2. The molecule has 0 radical (unpaired) electrons. The van der Waals surface area contributed by atoms with Crippen molar-refractivity contribution in [3.63, 3.8) is 0 Å². The van der Waals surface area contributed by atoms with Gasteiger partial charge in [0.25, 0.3) is 0 Å². The Morgan fingerprint density at radius 2 is 1.75 bits per heavy atom. The van der Waals surface area contributed by atoms with E-state index in [1.165, 1.54) is 31.3 Å². The summed E-state index contributed by atoms with van der Waals surface area (Å²) in [7, 11) is 0. The van der Waals surface area contributed by atoms with Crippen molar-refractivity contribution >= 4 is 22.5 Å². The van der Waals surface area contributed by atoms with Gasteiger partial charge in [-0.2, -0.15) is 5.10 Å². The Balaban J connectivity index is 1.78. The molecule has 0 fully saturated rings. The predicted octanol–water partition coefficient (Wildman–Crippen LogP) is 4.61. The third-order valence-electron chi connectivity index (χ3n) is 4.43. The maximum atomic E-state index is 15.1. The molecule has 11 heteroatoms. The third-order valence-corrected chi connectivity index (χ3v) is 4.43. The molecule has 0 unspecified atom stereocenters. The van der Waals surface area contributed by atoms with Crippen LogP contribution in [0.3, 0.4) is 0 Å². The highest BCUT2D eigenvalue weighted by Gasteiger charge is 2.27. The van der Waals surface area contributed by atoms with E-state index in [9.17, 15) is 18.3 Å². The number of nitrogens with zero attached hydrogens (tertiary/aromatic N) is 4. The summed E-state index contributed by atoms with van der Waals surface area (Å²) in [5.41, 5.74) is -1.21. The van der Waals surface area contributed by atoms with Crippen molar-refractivity contribution in [2.75, 3.05) is 11.4 Å². The van der Waals surface area contributed by atoms with Crippen LogP contribution in [0.25, 0.3) is 11.0 Å². The van der Waals surface area contributed by atoms with Gasteiger partial charge in [0, 0.05) is 18.2 Å². The fourth-order valence-corrected chi connectivity index (χ4v) is 3.11. The van der Waals surface area contributed by atoms with E-state index in [0.29, 0.717) is 17.1 Å². The summed E-state index contributed by atoms with van der Waals surface area (Å²) < 4.78 is 62.1. The van der Waals surface area contributed by atoms with Crippen LogP contribution in [0.2, 0.25) is 0 Å². The first-order chi connectivity index (χ1) is 15.1. The Morgan fingerprint density at radius 3 is 2.47 bits per heavy atom. The number of benzene rings is 2. The molecule has 0 saturated carbocycles. The van der Waals surface area contributed by atoms with E-state index in [4.69, 9.17) is 4.74 Å². The zero-order valence-electron chi connectivity index (χ0n) is 16.9. The fourth-order valence-electron chi connectivity index (χ4n) is 3.11. The number of aromatic amines is 1. The number of aromatic nitrogens is 4. The lowest BCUT2D eigenvalue weighted by Gasteiger charge is -2.30. The van der Waals surface area contributed by atoms with Gasteiger partial charge >= 0.3 is 0 Å². The standard InChI is InChI=1S/C21H17F4N5O2/c1-21(2,31)9-30(20-12-8-28-29-19(12)26-10-27-20)16-6-15(25)18(7-13(16)23)32-17-4-3-11(22)5-14(17)24/h3-8,10,31H,9H2,1-2H3,(H,26,27,28,29). The van der Waals surface area contributed by atoms with Gasteiger partial charge in [0.15, 0.2) is 34.6 Å². The maximum absolute atomic E-state index is 15.1. The second-order valence-corrected chi connectivity index (χ2v) is 7.64. The quantitative estimate of drug-likeness (QED) is 0.420. The first-order valence-electron chi connectivity index (χ1n) is 9.38. The topological polar surface area (TPSA) is 87.2 Å². The van der Waals surface area contributed by atoms with Crippen LogP contribution in [0.4, 0.5) is 29.1 Å². The minimum Gasteiger partial charge on any atom is -0.451 e. The largest absolute Gasteiger partial charge is 0.451 e. The van der Waals surface area contributed by atoms with Crippen LogP contribution in [0.1, 0.15) is 13.8 Å². The first kappa shape index (κ1) is 21.5. The molecule has 0 bridgehead atoms. The summed E-state index contributed by atoms with van der Waals surface area (Å²) in [6.45, 7) is 2.83. The molecule has 4 aromatic rings. The van der Waals surface area contributed by atoms with Crippen molar-refractivity contribution < 1.29 is 27.4 Å². The molecule has 0 saturated heterocycles. The van der Waals surface area contributed by atoms with E-state index in [1.807, 2.05) is 0 Å². The molecule has 2 N–H and O–H groups in total. The van der Waals surface area contributed by atoms with Crippen LogP contribution in [0.15, 0.2) is 42.9 Å². The molecule has 0 aliphatic heterocycles. The normalized spacial score (nSPS) is 11.7. The second-order valence-electron chi connectivity index (χ2n) is 7.64. The number of rotatable bonds is 6. The van der Waals surface area contributed by atoms with Crippen molar-refractivity contribution in [1.29, 1.82) is 0 Å². The molecule has 2 aromatic carbocycles. The Morgan fingerprint density at radius 1 is 1.00 bits per heavy atom. The summed E-state index contributed by atoms with van der Waals surface area (Å²) in [5, 5.41) is 17.3. The molecule has 0 aliphatic rings. The lowest BCUT2D eigenvalue weighted by molar-refractivity contribution is 0.0896. The van der Waals surface area contributed by atoms with Crippen molar-refractivity contribution in [2.45, 2.75) is 19.4 Å². The number of fused-ring (bicyclic) bond motifs is 1. The average Bonchev–Trinajstić information content (AvgIpc) is 3.19. The SMILES string of the molecule is CC(C)(O)CN(c1cc(F)c(Oc2ccc(F)cc2F)cc1F)c1ncnc2[nH]ncc12. The number of hydrogen-bond acceptors (Lipinski definition) is 6. The van der Waals surface area contributed by atoms with Crippen molar-refractivity contribution in [3.8, 4) is 11.5 Å². The number of H-pyrrole nitrogens is 1. The van der Waals surface area contributed by atoms with Gasteiger partial charge in [0.2, 0.25) is 0 Å². The second kappa shape index (κ2) is 8.08. The van der Waals surface area contributed by atoms with Crippen molar-refractivity contribution in [3.05, 3.63) is 66.1 Å². The average molecular weight is 447 g/mol. The van der Waals surface area contributed by atoms with Crippen molar-refractivity contribution in [2.24, 2.45) is 0 Å². The van der Waals surface area contributed by atoms with Crippen molar-refractivity contribution in [1.82, 2.24) is 20.2 Å². The van der Waals surface area contributed by atoms with E-state index >= 15 is 4.39 Å². The first-order valence-corrected chi connectivity index (χ1v) is 9.38. The van der Waals surface area contributed by atoms with Crippen LogP contribution in [-0.2, 0) is 0 Å². The summed E-state index contributed by atoms with van der Waals surface area (Å²) in [6.07, 6.45) is 2.64. The van der Waals surface area contributed by atoms with E-state index in [0.717, 1.165) is 24.3 Å². The minimum atomic E-state index is -1.32. The third kappa shape index (κ3) is 4.33. The molecule has 4 rings (SSSR count). The van der Waals surface area contributed by atoms with Gasteiger partial charge in [-0.3, -0.25) is 5.10 Å². The van der Waals surface area contributed by atoms with Gasteiger partial charge in [-0.1, -0.05) is 0 Å². The van der Waals surface area contributed by atoms with Gasteiger partial charge in [-0.05, 0) is 26.0 Å². The molecule has 2 heterocycles. The van der Waals surface area contributed by atoms with Crippen LogP contribution in [0, 0.1) is 23.3 Å². The lowest BCUT2D eigenvalue weighted by Crippen LogP contribution is -2.37. The molecular weight excluding hydrogens is 430 g/mol. The molecule has 0 amide bonds. The van der Waals surface area contributed by atoms with E-state index in [2.05, 4.69) is 20.2 Å². The van der Waals surface area contributed by atoms with Gasteiger partial charge in [-0.25, -0.2) is 27.5 Å². The number of halogens is 4. The Hall–Kier alpha value is -3.73. The molecule has 2 aromatic heterocycles. The smallest absolute Gasteiger partial charge is 0.168 e. The van der Waals surface area contributed by atoms with Gasteiger partial charge in [0.1, 0.15) is 18.0 Å². The molecule has 32 heavy (non-hydrogen) atoms. The highest BCUT2D eigenvalue weighted by molar-refractivity contribution is 5.88. The van der Waals surface area contributed by atoms with E-state index in [1.54, 1.807) is 0 Å². The van der Waals surface area contributed by atoms with E-state index < -0.39 is 40.4 Å². The summed E-state index contributed by atoms with van der Waals surface area (Å²) in [4.78, 5) is 9.46. The molecule has 0 aliphatic carbocycles. The Bertz CT molecular complexity index is 1290. The number of anilines is 2. The number of nitrogens with one attached hydrogen (secondary N) is 1. The van der Waals surface area contributed by atoms with Crippen LogP contribution < -0.4 is 9.64 Å². The highest BCUT2D eigenvalue weighted by atomic mass is 19.1. The van der Waals surface area contributed by atoms with Gasteiger partial charge in [0.05, 0.1) is 29.4 Å². The summed E-state index contributed by atoms with van der Waals surface area (Å²) in [5.74, 6) is -4.73. The van der Waals surface area contributed by atoms with E-state index in [-0.39, 0.29) is 18.1 Å². The van der Waals surface area contributed by atoms with Gasteiger partial charge < -0.3 is 14.7 Å². The maximum Gasteiger partial charge on any atom is 0.168 e. The molecule has 7 nitrogen and oxygen atoms in total. The lowest BCUT2D eigenvalue weighted by atomic mass is 10.1. The number of hydrogen-bond donors (Lipinski definition) is 2. The zero-order chi connectivity index (χ0) is 23.0. The van der Waals surface area contributed by atoms with Gasteiger partial charge in [-0.15, -0.1) is 0 Å². The number of aliphatic hydroxyl groups is 1. The molecule has 166 valence electrons. The van der Waals surface area contributed by atoms with Crippen LogP contribution in [-0.4, -0.2) is 37.4 Å². The van der Waals surface area contributed by atoms with Crippen LogP contribution >= 0.6 is 0 Å².